The van der Waals surface area contributed by atoms with Gasteiger partial charge in [-0.3, -0.25) is 86.5 Å². The number of carbonyl (C=O) groups is 17. The average molecular weight is 1620 g/mol. The number of hydrogen-bond acceptors (Lipinski definition) is 24. The zero-order valence-corrected chi connectivity index (χ0v) is 64.4. The summed E-state index contributed by atoms with van der Waals surface area (Å²) >= 11 is 1.43. The molecule has 0 bridgehead atoms. The summed E-state index contributed by atoms with van der Waals surface area (Å²) < 4.78 is 0. The lowest BCUT2D eigenvalue weighted by Crippen LogP contribution is -2.61. The Labute approximate surface area is 656 Å². The number of carboxylic acids is 3. The number of guanidine groups is 1. The number of rotatable bonds is 55. The molecular weight excluding hydrogens is 1500 g/mol. The quantitative estimate of drug-likeness (QED) is 0.0166. The minimum Gasteiger partial charge on any atom is -0.508 e. The molecule has 13 atom stereocenters. The van der Waals surface area contributed by atoms with Crippen LogP contribution in [0.15, 0.2) is 59.6 Å². The molecule has 14 amide bonds. The highest BCUT2D eigenvalue weighted by molar-refractivity contribution is 7.98. The standard InChI is InChI=1S/C70H110N20O22S/c1-36(2)28-47(66(109)82-43(57(74)100)23-27-113-5)81-53(93)34-78-61(104)48(30-40-19-21-41(92)22-20-40)87-67(110)49(29-39-14-7-6-8-15-39)88-64(107)45(17-10-12-25-72)84-63(106)44(16-9-11-24-71)83-58(101)37(3)79-62(105)46(18-13-26-77-70(75)76)85-68(111)51(33-56(98)99)89-69(112)52(35-91)90-59(102)38(4)80-65(108)50(32-55(96)97)86-60(103)42(73)31-54(94)95/h6-8,14-15,19-22,36-38,42-52,91-92H,9-13,16-18,23-35,71-73H2,1-5H3,(H2,74,100)(H,78,104)(H,79,105)(H,80,108)(H,81,93)(H,82,109)(H,83,101)(H,84,106)(H,85,111)(H,86,103)(H,87,110)(H,88,107)(H,89,112)(H,90,102)(H,94,95)(H,96,97)(H,98,99)(H4,75,76,77)/t37-,38-,42-,43-,44-,45-,46-,47-,48-,49-,50-,51-,52-/m0/s1. The van der Waals surface area contributed by atoms with Crippen LogP contribution in [0.2, 0.25) is 0 Å². The van der Waals surface area contributed by atoms with E-state index in [0.717, 1.165) is 6.92 Å². The van der Waals surface area contributed by atoms with Gasteiger partial charge >= 0.3 is 17.9 Å². The van der Waals surface area contributed by atoms with Gasteiger partial charge in [0.2, 0.25) is 82.7 Å². The SMILES string of the molecule is CSCC[C@H](NC(=O)[C@H](CC(C)C)NC(=O)CNC(=O)[C@H](Cc1ccc(O)cc1)NC(=O)[C@H](Cc1ccccc1)NC(=O)[C@H](CCCCN)NC(=O)[C@H](CCCCN)NC(=O)[C@H](C)NC(=O)[C@H](CCCN=C(N)N)NC(=O)[C@H](CC(=O)O)NC(=O)[C@H](CO)NC(=O)[C@H](C)NC(=O)[C@H](CC(=O)O)NC(=O)[C@@H](N)CC(=O)O)C(N)=O. The second kappa shape index (κ2) is 52.0. The Balaban J connectivity index is 2.49. The topological polar surface area (TPSA) is 716 Å². The first kappa shape index (κ1) is 97.8. The minimum absolute atomic E-state index is 0.0738. The molecule has 0 unspecified atom stereocenters. The fraction of sp³-hybridized carbons (Fsp3) is 0.571. The van der Waals surface area contributed by atoms with Gasteiger partial charge in [-0.1, -0.05) is 56.3 Å². The number of nitrogens with zero attached hydrogens (tertiary/aromatic N) is 1. The summed E-state index contributed by atoms with van der Waals surface area (Å²) in [6.07, 6.45) is -0.933. The second-order valence-electron chi connectivity index (χ2n) is 26.8. The van der Waals surface area contributed by atoms with E-state index in [1.165, 1.54) is 43.0 Å². The Kier molecular flexibility index (Phi) is 45.0. The molecule has 0 aliphatic rings. The van der Waals surface area contributed by atoms with Crippen molar-refractivity contribution in [1.82, 2.24) is 69.1 Å². The molecule has 0 heterocycles. The van der Waals surface area contributed by atoms with Gasteiger partial charge in [-0.05, 0) is 132 Å². The number of nitrogens with two attached hydrogens (primary N) is 6. The maximum atomic E-state index is 14.8. The van der Waals surface area contributed by atoms with E-state index in [4.69, 9.17) is 39.5 Å². The van der Waals surface area contributed by atoms with E-state index in [2.05, 4.69) is 68.8 Å². The molecular formula is C70H110N20O22S. The monoisotopic (exact) mass is 1610 g/mol. The van der Waals surface area contributed by atoms with Crippen LogP contribution in [0, 0.1) is 5.92 Å². The van der Waals surface area contributed by atoms with Gasteiger partial charge in [0.1, 0.15) is 78.3 Å². The first-order chi connectivity index (χ1) is 53.3. The summed E-state index contributed by atoms with van der Waals surface area (Å²) in [5.41, 5.74) is 34.6. The summed E-state index contributed by atoms with van der Waals surface area (Å²) in [5, 5.41) is 79.6. The van der Waals surface area contributed by atoms with Crippen molar-refractivity contribution >= 4 is 118 Å². The lowest BCUT2D eigenvalue weighted by molar-refractivity contribution is -0.142. The van der Waals surface area contributed by atoms with Crippen LogP contribution >= 0.6 is 11.8 Å². The first-order valence-electron chi connectivity index (χ1n) is 36.3. The van der Waals surface area contributed by atoms with Crippen LogP contribution < -0.4 is 104 Å². The number of aliphatic imine (C=N–C) groups is 1. The number of benzene rings is 2. The number of nitrogens with one attached hydrogen (secondary N) is 13. The van der Waals surface area contributed by atoms with Crippen molar-refractivity contribution in [2.24, 2.45) is 45.3 Å². The summed E-state index contributed by atoms with van der Waals surface area (Å²) in [5.74, 6) is -19.5. The number of aliphatic hydroxyl groups excluding tert-OH is 1. The number of unbranched alkanes of at least 4 members (excludes halogenated alkanes) is 2. The molecule has 113 heavy (non-hydrogen) atoms. The molecule has 0 aliphatic carbocycles. The maximum absolute atomic E-state index is 14.8. The zero-order valence-electron chi connectivity index (χ0n) is 63.6. The van der Waals surface area contributed by atoms with Gasteiger partial charge < -0.3 is 129 Å². The third-order valence-electron chi connectivity index (χ3n) is 16.8. The number of carboxylic acid groups (broad SMARTS) is 3. The fourth-order valence-corrected chi connectivity index (χ4v) is 11.2. The van der Waals surface area contributed by atoms with Crippen LogP contribution in [0.1, 0.15) is 122 Å². The minimum atomic E-state index is -2.09. The number of aliphatic hydroxyl groups is 1. The van der Waals surface area contributed by atoms with Gasteiger partial charge in [0.05, 0.1) is 38.5 Å². The third kappa shape index (κ3) is 38.9. The number of primary amides is 1. The Morgan fingerprint density at radius 1 is 0.425 bits per heavy atom. The molecule has 2 aromatic carbocycles. The van der Waals surface area contributed by atoms with E-state index < -0.39 is 212 Å². The Morgan fingerprint density at radius 2 is 0.814 bits per heavy atom. The number of phenols is 1. The lowest BCUT2D eigenvalue weighted by atomic mass is 10.0. The van der Waals surface area contributed by atoms with Crippen molar-refractivity contribution < 1.29 is 107 Å². The molecule has 0 radical (unpaired) electrons. The number of aliphatic carboxylic acids is 3. The van der Waals surface area contributed by atoms with Crippen molar-refractivity contribution in [3.8, 4) is 5.75 Å². The predicted octanol–water partition coefficient (Wildman–Crippen LogP) is -7.51. The molecule has 0 aliphatic heterocycles. The Hall–Kier alpha value is -11.3. The summed E-state index contributed by atoms with van der Waals surface area (Å²) in [4.78, 5) is 231. The smallest absolute Gasteiger partial charge is 0.305 e. The summed E-state index contributed by atoms with van der Waals surface area (Å²) in [6.45, 7) is 4.03. The summed E-state index contributed by atoms with van der Waals surface area (Å²) in [7, 11) is 0. The third-order valence-corrected chi connectivity index (χ3v) is 17.4. The van der Waals surface area contributed by atoms with Crippen molar-refractivity contribution in [2.75, 3.05) is 44.8 Å². The van der Waals surface area contributed by atoms with Gasteiger partial charge in [-0.25, -0.2) is 0 Å². The molecule has 2 aromatic rings. The molecule has 43 heteroatoms. The van der Waals surface area contributed by atoms with Crippen LogP contribution in [-0.4, -0.2) is 255 Å². The van der Waals surface area contributed by atoms with Crippen LogP contribution in [0.25, 0.3) is 0 Å². The van der Waals surface area contributed by atoms with Gasteiger partial charge in [0.15, 0.2) is 5.96 Å². The van der Waals surface area contributed by atoms with Gasteiger partial charge in [0, 0.05) is 19.4 Å². The molecule has 0 saturated carbocycles. The van der Waals surface area contributed by atoms with Crippen LogP contribution in [0.4, 0.5) is 0 Å². The number of phenolic OH excluding ortho intramolecular Hbond substituents is 1. The molecule has 0 saturated heterocycles. The number of carbonyl (C=O) groups excluding carboxylic acids is 14. The molecule has 30 N–H and O–H groups in total. The van der Waals surface area contributed by atoms with Crippen molar-refractivity contribution in [3.63, 3.8) is 0 Å². The maximum Gasteiger partial charge on any atom is 0.305 e. The Bertz CT molecular complexity index is 3580. The lowest BCUT2D eigenvalue weighted by Gasteiger charge is -2.28. The number of thioether (sulfide) groups is 1. The van der Waals surface area contributed by atoms with E-state index in [1.807, 2.05) is 11.6 Å². The van der Waals surface area contributed by atoms with Crippen LogP contribution in [-0.2, 0) is 94.3 Å². The van der Waals surface area contributed by atoms with Gasteiger partial charge in [0.25, 0.3) is 0 Å². The van der Waals surface area contributed by atoms with Crippen LogP contribution in [0.5, 0.6) is 5.75 Å². The van der Waals surface area contributed by atoms with E-state index in [-0.39, 0.29) is 101 Å². The Morgan fingerprint density at radius 3 is 1.27 bits per heavy atom. The average Bonchev–Trinajstić information content (AvgIpc) is 0.839. The van der Waals surface area contributed by atoms with Crippen molar-refractivity contribution in [3.05, 3.63) is 65.7 Å². The van der Waals surface area contributed by atoms with Gasteiger partial charge in [-0.15, -0.1) is 0 Å². The van der Waals surface area contributed by atoms with Gasteiger partial charge in [-0.2, -0.15) is 11.8 Å². The van der Waals surface area contributed by atoms with E-state index in [1.54, 1.807) is 44.2 Å². The van der Waals surface area contributed by atoms with E-state index >= 15 is 0 Å². The second-order valence-corrected chi connectivity index (χ2v) is 27.8. The summed E-state index contributed by atoms with van der Waals surface area (Å²) in [6, 6.07) is -6.75. The molecule has 0 spiro atoms. The zero-order chi connectivity index (χ0) is 85.0. The number of amides is 14. The highest BCUT2D eigenvalue weighted by atomic mass is 32.2. The molecule has 0 fully saturated rings. The highest BCUT2D eigenvalue weighted by Crippen LogP contribution is 2.15. The highest BCUT2D eigenvalue weighted by Gasteiger charge is 2.37. The van der Waals surface area contributed by atoms with Crippen molar-refractivity contribution in [2.45, 2.75) is 203 Å². The molecule has 42 nitrogen and oxygen atoms in total. The van der Waals surface area contributed by atoms with E-state index in [9.17, 15) is 102 Å². The number of hydrogen-bond donors (Lipinski definition) is 24. The largest absolute Gasteiger partial charge is 0.508 e. The molecule has 628 valence electrons. The predicted molar refractivity (Wildman–Crippen MR) is 409 cm³/mol. The molecule has 0 aromatic heterocycles. The molecule has 2 rings (SSSR count). The fourth-order valence-electron chi connectivity index (χ4n) is 10.7. The van der Waals surface area contributed by atoms with Crippen molar-refractivity contribution in [1.29, 1.82) is 0 Å². The number of aromatic hydroxyl groups is 1. The normalized spacial score (nSPS) is 14.4. The van der Waals surface area contributed by atoms with Crippen LogP contribution in [0.3, 0.4) is 0 Å². The first-order valence-corrected chi connectivity index (χ1v) is 37.7. The van der Waals surface area contributed by atoms with E-state index in [0.29, 0.717) is 29.7 Å².